The van der Waals surface area contributed by atoms with Gasteiger partial charge in [-0.2, -0.15) is 5.10 Å². The van der Waals surface area contributed by atoms with Crippen LogP contribution in [-0.4, -0.2) is 34.3 Å². The zero-order valence-corrected chi connectivity index (χ0v) is 16.2. The molecular weight excluding hydrogens is 360 g/mol. The number of carbonyl (C=O) groups is 1. The molecule has 1 heterocycles. The lowest BCUT2D eigenvalue weighted by atomic mass is 10.0. The van der Waals surface area contributed by atoms with Crippen LogP contribution in [0, 0.1) is 4.77 Å². The van der Waals surface area contributed by atoms with Gasteiger partial charge in [0.2, 0.25) is 0 Å². The Labute approximate surface area is 163 Å². The molecular formula is C20H22N4O2S. The van der Waals surface area contributed by atoms with Crippen molar-refractivity contribution in [1.82, 2.24) is 20.1 Å². The van der Waals surface area contributed by atoms with Crippen molar-refractivity contribution >= 4 is 18.1 Å². The Hall–Kier alpha value is -2.93. The Morgan fingerprint density at radius 1 is 1.26 bits per heavy atom. The summed E-state index contributed by atoms with van der Waals surface area (Å²) in [6, 6.07) is 15.3. The fraction of sp³-hybridized carbons (Fsp3) is 0.250. The minimum atomic E-state index is -0.132. The molecule has 6 nitrogen and oxygen atoms in total. The zero-order valence-electron chi connectivity index (χ0n) is 15.4. The van der Waals surface area contributed by atoms with Crippen LogP contribution < -0.4 is 10.1 Å². The Balaban J connectivity index is 1.72. The third-order valence-electron chi connectivity index (χ3n) is 4.33. The molecule has 0 aliphatic rings. The van der Waals surface area contributed by atoms with E-state index in [4.69, 9.17) is 17.0 Å². The van der Waals surface area contributed by atoms with E-state index in [1.54, 1.807) is 13.2 Å². The number of ether oxygens (including phenoxy) is 1. The molecule has 0 atom stereocenters. The lowest BCUT2D eigenvalue weighted by molar-refractivity contribution is 0.0954. The zero-order chi connectivity index (χ0) is 19.2. The average molecular weight is 382 g/mol. The van der Waals surface area contributed by atoms with Gasteiger partial charge in [0, 0.05) is 30.6 Å². The van der Waals surface area contributed by atoms with E-state index in [9.17, 15) is 4.79 Å². The number of amides is 1. The van der Waals surface area contributed by atoms with Crippen molar-refractivity contribution in [2.45, 2.75) is 19.9 Å². The molecule has 1 amide bonds. The number of aromatic nitrogens is 3. The van der Waals surface area contributed by atoms with Gasteiger partial charge in [-0.1, -0.05) is 30.3 Å². The highest BCUT2D eigenvalue weighted by Gasteiger charge is 2.12. The summed E-state index contributed by atoms with van der Waals surface area (Å²) in [7, 11) is 1.63. The lowest BCUT2D eigenvalue weighted by Crippen LogP contribution is -2.26. The maximum Gasteiger partial charge on any atom is 0.251 e. The second kappa shape index (κ2) is 8.64. The molecule has 3 aromatic rings. The molecule has 2 N–H and O–H groups in total. The van der Waals surface area contributed by atoms with Crippen LogP contribution in [0.4, 0.5) is 0 Å². The maximum atomic E-state index is 12.6. The minimum Gasteiger partial charge on any atom is -0.496 e. The van der Waals surface area contributed by atoms with Gasteiger partial charge in [0.15, 0.2) is 4.77 Å². The molecule has 0 saturated heterocycles. The van der Waals surface area contributed by atoms with Crippen LogP contribution in [0.5, 0.6) is 5.75 Å². The monoisotopic (exact) mass is 382 g/mol. The first-order valence-electron chi connectivity index (χ1n) is 8.79. The van der Waals surface area contributed by atoms with E-state index in [1.165, 1.54) is 0 Å². The molecule has 27 heavy (non-hydrogen) atoms. The average Bonchev–Trinajstić information content (AvgIpc) is 3.07. The first-order chi connectivity index (χ1) is 13.1. The van der Waals surface area contributed by atoms with E-state index in [2.05, 4.69) is 15.5 Å². The molecule has 140 valence electrons. The van der Waals surface area contributed by atoms with E-state index < -0.39 is 0 Å². The summed E-state index contributed by atoms with van der Waals surface area (Å²) in [6.45, 7) is 3.23. The highest BCUT2D eigenvalue weighted by molar-refractivity contribution is 7.71. The van der Waals surface area contributed by atoms with Gasteiger partial charge in [-0.3, -0.25) is 9.89 Å². The summed E-state index contributed by atoms with van der Waals surface area (Å²) in [4.78, 5) is 12.6. The quantitative estimate of drug-likeness (QED) is 0.613. The van der Waals surface area contributed by atoms with Crippen LogP contribution in [0.25, 0.3) is 11.1 Å². The maximum absolute atomic E-state index is 12.6. The highest BCUT2D eigenvalue weighted by atomic mass is 32.1. The molecule has 0 aliphatic heterocycles. The Bertz CT molecular complexity index is 979. The van der Waals surface area contributed by atoms with Crippen molar-refractivity contribution in [3.05, 3.63) is 64.7 Å². The lowest BCUT2D eigenvalue weighted by Gasteiger charge is -2.11. The van der Waals surface area contributed by atoms with Crippen molar-refractivity contribution < 1.29 is 9.53 Å². The molecule has 7 heteroatoms. The normalized spacial score (nSPS) is 10.6. The van der Waals surface area contributed by atoms with Gasteiger partial charge in [-0.15, -0.1) is 0 Å². The van der Waals surface area contributed by atoms with Gasteiger partial charge in [0.25, 0.3) is 5.91 Å². The summed E-state index contributed by atoms with van der Waals surface area (Å²) < 4.78 is 7.96. The minimum absolute atomic E-state index is 0.132. The van der Waals surface area contributed by atoms with E-state index in [0.29, 0.717) is 23.3 Å². The number of nitrogens with zero attached hydrogens (tertiary/aromatic N) is 2. The fourth-order valence-corrected chi connectivity index (χ4v) is 3.23. The van der Waals surface area contributed by atoms with Crippen molar-refractivity contribution in [3.8, 4) is 16.9 Å². The second-order valence-electron chi connectivity index (χ2n) is 5.98. The highest BCUT2D eigenvalue weighted by Crippen LogP contribution is 2.30. The molecule has 0 saturated carbocycles. The summed E-state index contributed by atoms with van der Waals surface area (Å²) in [5, 5.41) is 9.94. The molecule has 2 aromatic carbocycles. The van der Waals surface area contributed by atoms with Crippen LogP contribution in [0.15, 0.2) is 48.5 Å². The molecule has 0 aliphatic carbocycles. The number of hydrogen-bond acceptors (Lipinski definition) is 4. The van der Waals surface area contributed by atoms with Gasteiger partial charge in [0.05, 0.1) is 7.11 Å². The van der Waals surface area contributed by atoms with E-state index in [1.807, 2.05) is 54.0 Å². The molecule has 0 unspecified atom stereocenters. The number of hydrogen-bond donors (Lipinski definition) is 2. The number of H-pyrrole nitrogens is 1. The SMILES string of the molecule is CCn1c(CCNC(=O)c2ccc(OC)c(-c3ccccc3)c2)n[nH]c1=S. The van der Waals surface area contributed by atoms with Crippen LogP contribution in [0.2, 0.25) is 0 Å². The van der Waals surface area contributed by atoms with Gasteiger partial charge in [-0.05, 0) is 42.9 Å². The van der Waals surface area contributed by atoms with Gasteiger partial charge in [-0.25, -0.2) is 0 Å². The number of carbonyl (C=O) groups excluding carboxylic acids is 1. The molecule has 0 fully saturated rings. The van der Waals surface area contributed by atoms with Crippen LogP contribution in [-0.2, 0) is 13.0 Å². The molecule has 1 aromatic heterocycles. The first kappa shape index (κ1) is 18.8. The predicted octanol–water partition coefficient (Wildman–Crippen LogP) is 3.61. The third kappa shape index (κ3) is 4.25. The molecule has 0 spiro atoms. The van der Waals surface area contributed by atoms with Crippen molar-refractivity contribution in [2.24, 2.45) is 0 Å². The molecule has 3 rings (SSSR count). The number of benzene rings is 2. The largest absolute Gasteiger partial charge is 0.496 e. The summed E-state index contributed by atoms with van der Waals surface area (Å²) in [5.74, 6) is 1.44. The van der Waals surface area contributed by atoms with Crippen molar-refractivity contribution in [2.75, 3.05) is 13.7 Å². The summed E-state index contributed by atoms with van der Waals surface area (Å²) >= 11 is 5.18. The Kier molecular flexibility index (Phi) is 6.03. The smallest absolute Gasteiger partial charge is 0.251 e. The topological polar surface area (TPSA) is 71.9 Å². The Morgan fingerprint density at radius 2 is 2.04 bits per heavy atom. The Morgan fingerprint density at radius 3 is 2.74 bits per heavy atom. The van der Waals surface area contributed by atoms with Gasteiger partial charge >= 0.3 is 0 Å². The van der Waals surface area contributed by atoms with Crippen LogP contribution in [0.1, 0.15) is 23.1 Å². The van der Waals surface area contributed by atoms with E-state index >= 15 is 0 Å². The second-order valence-corrected chi connectivity index (χ2v) is 6.36. The summed E-state index contributed by atoms with van der Waals surface area (Å²) in [5.41, 5.74) is 2.48. The number of nitrogens with one attached hydrogen (secondary N) is 2. The van der Waals surface area contributed by atoms with Gasteiger partial charge < -0.3 is 14.6 Å². The van der Waals surface area contributed by atoms with E-state index in [0.717, 1.165) is 29.2 Å². The molecule has 0 bridgehead atoms. The van der Waals surface area contributed by atoms with Crippen LogP contribution >= 0.6 is 12.2 Å². The third-order valence-corrected chi connectivity index (χ3v) is 4.65. The standard InChI is InChI=1S/C20H22N4O2S/c1-3-24-18(22-23-20(24)27)11-12-21-19(25)15-9-10-17(26-2)16(13-15)14-7-5-4-6-8-14/h4-10,13H,3,11-12H2,1-2H3,(H,21,25)(H,23,27). The van der Waals surface area contributed by atoms with E-state index in [-0.39, 0.29) is 5.91 Å². The van der Waals surface area contributed by atoms with Gasteiger partial charge in [0.1, 0.15) is 11.6 Å². The molecule has 0 radical (unpaired) electrons. The first-order valence-corrected chi connectivity index (χ1v) is 9.20. The fourth-order valence-electron chi connectivity index (χ4n) is 2.95. The predicted molar refractivity (Wildman–Crippen MR) is 108 cm³/mol. The number of methoxy groups -OCH3 is 1. The van der Waals surface area contributed by atoms with Crippen molar-refractivity contribution in [1.29, 1.82) is 0 Å². The number of aromatic amines is 1. The van der Waals surface area contributed by atoms with Crippen molar-refractivity contribution in [3.63, 3.8) is 0 Å². The number of rotatable bonds is 7. The summed E-state index contributed by atoms with van der Waals surface area (Å²) in [6.07, 6.45) is 0.606. The van der Waals surface area contributed by atoms with Crippen LogP contribution in [0.3, 0.4) is 0 Å².